The van der Waals surface area contributed by atoms with Crippen molar-refractivity contribution in [1.29, 1.82) is 0 Å². The molecule has 0 spiro atoms. The Hall–Kier alpha value is -1.80. The van der Waals surface area contributed by atoms with Gasteiger partial charge in [-0.1, -0.05) is 43.2 Å². The monoisotopic (exact) mass is 203 g/mol. The highest BCUT2D eigenvalue weighted by Crippen LogP contribution is 2.15. The highest BCUT2D eigenvalue weighted by molar-refractivity contribution is 5.96. The quantitative estimate of drug-likeness (QED) is 0.317. The first-order chi connectivity index (χ1) is 7.13. The highest BCUT2D eigenvalue weighted by Gasteiger charge is 2.07. The van der Waals surface area contributed by atoms with Crippen molar-refractivity contribution in [2.24, 2.45) is 11.0 Å². The summed E-state index contributed by atoms with van der Waals surface area (Å²) in [4.78, 5) is 14.3. The Morgan fingerprint density at radius 3 is 2.47 bits per heavy atom. The van der Waals surface area contributed by atoms with Crippen LogP contribution in [-0.4, -0.2) is 5.78 Å². The van der Waals surface area contributed by atoms with E-state index in [0.29, 0.717) is 23.6 Å². The summed E-state index contributed by atoms with van der Waals surface area (Å²) >= 11 is 0. The summed E-state index contributed by atoms with van der Waals surface area (Å²) in [6, 6.07) is 6.67. The molecular formula is C11H13N3O. The van der Waals surface area contributed by atoms with Crippen molar-refractivity contribution in [3.8, 4) is 0 Å². The molecule has 0 saturated carbocycles. The van der Waals surface area contributed by atoms with Crippen LogP contribution in [0.5, 0.6) is 0 Å². The third-order valence-electron chi connectivity index (χ3n) is 1.94. The van der Waals surface area contributed by atoms with Gasteiger partial charge in [-0.3, -0.25) is 4.79 Å². The number of rotatable bonds is 4. The Balaban J connectivity index is 2.79. The first-order valence-electron chi connectivity index (χ1n) is 4.82. The fourth-order valence-electron chi connectivity index (χ4n) is 1.25. The van der Waals surface area contributed by atoms with Crippen LogP contribution in [0, 0.1) is 5.92 Å². The number of ketones is 1. The van der Waals surface area contributed by atoms with Crippen molar-refractivity contribution in [3.63, 3.8) is 0 Å². The van der Waals surface area contributed by atoms with E-state index >= 15 is 0 Å². The molecule has 4 nitrogen and oxygen atoms in total. The molecule has 0 aliphatic heterocycles. The number of azide groups is 1. The summed E-state index contributed by atoms with van der Waals surface area (Å²) in [5, 5.41) is 3.44. The molecule has 0 saturated heterocycles. The lowest BCUT2D eigenvalue weighted by Gasteiger charge is -2.03. The number of carbonyl (C=O) groups is 1. The smallest absolute Gasteiger partial charge is 0.163 e. The minimum atomic E-state index is 0.123. The molecule has 1 rings (SSSR count). The zero-order valence-electron chi connectivity index (χ0n) is 8.84. The van der Waals surface area contributed by atoms with Gasteiger partial charge in [0, 0.05) is 22.6 Å². The third-order valence-corrected chi connectivity index (χ3v) is 1.94. The largest absolute Gasteiger partial charge is 0.294 e. The van der Waals surface area contributed by atoms with Crippen LogP contribution in [-0.2, 0) is 0 Å². The predicted octanol–water partition coefficient (Wildman–Crippen LogP) is 3.86. The Morgan fingerprint density at radius 1 is 1.40 bits per heavy atom. The lowest BCUT2D eigenvalue weighted by molar-refractivity contribution is 0.0968. The van der Waals surface area contributed by atoms with Gasteiger partial charge in [0.25, 0.3) is 0 Å². The van der Waals surface area contributed by atoms with Crippen LogP contribution in [0.1, 0.15) is 30.6 Å². The van der Waals surface area contributed by atoms with Gasteiger partial charge in [0.05, 0.1) is 0 Å². The Bertz CT molecular complexity index is 389. The zero-order chi connectivity index (χ0) is 11.3. The van der Waals surface area contributed by atoms with Crippen LogP contribution >= 0.6 is 0 Å². The van der Waals surface area contributed by atoms with Gasteiger partial charge in [0.15, 0.2) is 5.78 Å². The minimum Gasteiger partial charge on any atom is -0.294 e. The second kappa shape index (κ2) is 5.17. The molecule has 0 bridgehead atoms. The van der Waals surface area contributed by atoms with Crippen molar-refractivity contribution in [2.45, 2.75) is 20.3 Å². The van der Waals surface area contributed by atoms with Crippen LogP contribution in [0.3, 0.4) is 0 Å². The van der Waals surface area contributed by atoms with E-state index < -0.39 is 0 Å². The molecule has 0 amide bonds. The van der Waals surface area contributed by atoms with Crippen LogP contribution in [0.15, 0.2) is 29.4 Å². The van der Waals surface area contributed by atoms with Gasteiger partial charge in [-0.05, 0) is 11.4 Å². The van der Waals surface area contributed by atoms with E-state index in [0.717, 1.165) is 0 Å². The zero-order valence-corrected chi connectivity index (χ0v) is 8.84. The summed E-state index contributed by atoms with van der Waals surface area (Å²) in [5.74, 6) is 0.479. The fourth-order valence-corrected chi connectivity index (χ4v) is 1.25. The van der Waals surface area contributed by atoms with Gasteiger partial charge in [0.1, 0.15) is 0 Å². The van der Waals surface area contributed by atoms with E-state index in [4.69, 9.17) is 5.53 Å². The maximum atomic E-state index is 11.6. The molecule has 4 heteroatoms. The summed E-state index contributed by atoms with van der Waals surface area (Å²) in [7, 11) is 0. The standard InChI is InChI=1S/C11H13N3O/c1-8(2)7-11(15)9-3-5-10(6-4-9)13-14-12/h3-6,8H,7H2,1-2H3. The molecule has 0 aliphatic carbocycles. The second-order valence-corrected chi connectivity index (χ2v) is 3.76. The van der Waals surface area contributed by atoms with E-state index in [1.54, 1.807) is 24.3 Å². The Labute approximate surface area is 88.6 Å². The number of hydrogen-bond donors (Lipinski definition) is 0. The lowest BCUT2D eigenvalue weighted by atomic mass is 10.0. The van der Waals surface area contributed by atoms with Gasteiger partial charge in [0.2, 0.25) is 0 Å². The van der Waals surface area contributed by atoms with E-state index in [2.05, 4.69) is 10.0 Å². The fraction of sp³-hybridized carbons (Fsp3) is 0.364. The number of carbonyl (C=O) groups excluding carboxylic acids is 1. The van der Waals surface area contributed by atoms with E-state index in [1.165, 1.54) is 0 Å². The third kappa shape index (κ3) is 3.44. The lowest BCUT2D eigenvalue weighted by Crippen LogP contribution is -2.02. The predicted molar refractivity (Wildman–Crippen MR) is 59.0 cm³/mol. The molecular weight excluding hydrogens is 190 g/mol. The maximum absolute atomic E-state index is 11.6. The maximum Gasteiger partial charge on any atom is 0.163 e. The summed E-state index contributed by atoms with van der Waals surface area (Å²) in [5.41, 5.74) is 9.40. The van der Waals surface area contributed by atoms with E-state index in [-0.39, 0.29) is 5.78 Å². The first kappa shape index (κ1) is 11.3. The van der Waals surface area contributed by atoms with Crippen molar-refractivity contribution >= 4 is 11.5 Å². The average molecular weight is 203 g/mol. The molecule has 0 unspecified atom stereocenters. The van der Waals surface area contributed by atoms with Gasteiger partial charge in [-0.25, -0.2) is 0 Å². The molecule has 0 N–H and O–H groups in total. The van der Waals surface area contributed by atoms with Crippen molar-refractivity contribution < 1.29 is 4.79 Å². The molecule has 0 fully saturated rings. The second-order valence-electron chi connectivity index (χ2n) is 3.76. The van der Waals surface area contributed by atoms with Gasteiger partial charge in [-0.15, -0.1) is 0 Å². The van der Waals surface area contributed by atoms with Crippen molar-refractivity contribution in [3.05, 3.63) is 40.3 Å². The van der Waals surface area contributed by atoms with Crippen LogP contribution in [0.25, 0.3) is 10.4 Å². The number of Topliss-reactive ketones (excluding diaryl/α,β-unsaturated/α-hetero) is 1. The molecule has 1 aromatic rings. The molecule has 0 radical (unpaired) electrons. The van der Waals surface area contributed by atoms with E-state index in [9.17, 15) is 4.79 Å². The highest BCUT2D eigenvalue weighted by atomic mass is 16.1. The SMILES string of the molecule is CC(C)CC(=O)c1ccc(N=[N+]=[N-])cc1. The summed E-state index contributed by atoms with van der Waals surface area (Å²) in [6.45, 7) is 4.01. The topological polar surface area (TPSA) is 65.8 Å². The average Bonchev–Trinajstić information content (AvgIpc) is 2.18. The van der Waals surface area contributed by atoms with Crippen LogP contribution in [0.2, 0.25) is 0 Å². The number of benzene rings is 1. The van der Waals surface area contributed by atoms with Crippen LogP contribution < -0.4 is 0 Å². The Kier molecular flexibility index (Phi) is 3.89. The molecule has 0 heterocycles. The molecule has 1 aromatic carbocycles. The van der Waals surface area contributed by atoms with Gasteiger partial charge in [-0.2, -0.15) is 0 Å². The van der Waals surface area contributed by atoms with Crippen LogP contribution in [0.4, 0.5) is 5.69 Å². The Morgan fingerprint density at radius 2 is 2.00 bits per heavy atom. The van der Waals surface area contributed by atoms with Crippen molar-refractivity contribution in [1.82, 2.24) is 0 Å². The van der Waals surface area contributed by atoms with E-state index in [1.807, 2.05) is 13.8 Å². The molecule has 0 aliphatic rings. The van der Waals surface area contributed by atoms with Crippen molar-refractivity contribution in [2.75, 3.05) is 0 Å². The molecule has 0 atom stereocenters. The summed E-state index contributed by atoms with van der Waals surface area (Å²) in [6.07, 6.45) is 0.543. The molecule has 15 heavy (non-hydrogen) atoms. The molecule has 0 aromatic heterocycles. The first-order valence-corrected chi connectivity index (χ1v) is 4.82. The van der Waals surface area contributed by atoms with Gasteiger partial charge < -0.3 is 0 Å². The van der Waals surface area contributed by atoms with Gasteiger partial charge >= 0.3 is 0 Å². The number of nitrogens with zero attached hydrogens (tertiary/aromatic N) is 3. The normalized spacial score (nSPS) is 9.80. The molecule has 78 valence electrons. The minimum absolute atomic E-state index is 0.123. The summed E-state index contributed by atoms with van der Waals surface area (Å²) < 4.78 is 0. The number of hydrogen-bond acceptors (Lipinski definition) is 2.